The van der Waals surface area contributed by atoms with E-state index in [1.807, 2.05) is 0 Å². The number of hydrogen-bond acceptors (Lipinski definition) is 5. The number of aromatic nitrogens is 1. The Bertz CT molecular complexity index is 909. The lowest BCUT2D eigenvalue weighted by Gasteiger charge is -2.26. The summed E-state index contributed by atoms with van der Waals surface area (Å²) in [5, 5.41) is 2.76. The standard InChI is InChI=1S/C19H23N3O4S/c1-26-19-15(8-7-11-20-19)14-21-18(23)16-9-3-4-10-17(16)27(24,25)22-12-5-2-6-13-22/h3-4,7-11H,2,5-6,12-14H2,1H3,(H,21,23). The topological polar surface area (TPSA) is 88.6 Å². The normalized spacial score (nSPS) is 15.3. The molecule has 0 bridgehead atoms. The second-order valence-electron chi connectivity index (χ2n) is 6.32. The first-order valence-electron chi connectivity index (χ1n) is 8.89. The van der Waals surface area contributed by atoms with Crippen molar-refractivity contribution in [3.63, 3.8) is 0 Å². The Morgan fingerprint density at radius 2 is 1.89 bits per heavy atom. The van der Waals surface area contributed by atoms with Crippen molar-refractivity contribution in [1.82, 2.24) is 14.6 Å². The van der Waals surface area contributed by atoms with Crippen molar-refractivity contribution in [2.45, 2.75) is 30.7 Å². The Morgan fingerprint density at radius 3 is 2.63 bits per heavy atom. The van der Waals surface area contributed by atoms with E-state index in [9.17, 15) is 13.2 Å². The van der Waals surface area contributed by atoms with Crippen LogP contribution in [0.2, 0.25) is 0 Å². The van der Waals surface area contributed by atoms with Crippen LogP contribution in [0.3, 0.4) is 0 Å². The van der Waals surface area contributed by atoms with E-state index in [1.165, 1.54) is 23.5 Å². The van der Waals surface area contributed by atoms with E-state index in [-0.39, 0.29) is 17.0 Å². The molecule has 8 heteroatoms. The number of amides is 1. The number of piperidine rings is 1. The molecule has 1 aliphatic rings. The Kier molecular flexibility index (Phi) is 6.08. The van der Waals surface area contributed by atoms with Crippen LogP contribution < -0.4 is 10.1 Å². The molecule has 1 N–H and O–H groups in total. The van der Waals surface area contributed by atoms with Gasteiger partial charge < -0.3 is 10.1 Å². The highest BCUT2D eigenvalue weighted by atomic mass is 32.2. The third kappa shape index (κ3) is 4.28. The van der Waals surface area contributed by atoms with Gasteiger partial charge >= 0.3 is 0 Å². The number of benzene rings is 1. The van der Waals surface area contributed by atoms with Crippen molar-refractivity contribution in [2.24, 2.45) is 0 Å². The third-order valence-electron chi connectivity index (χ3n) is 4.55. The van der Waals surface area contributed by atoms with Gasteiger partial charge in [-0.3, -0.25) is 4.79 Å². The molecule has 1 saturated heterocycles. The van der Waals surface area contributed by atoms with E-state index in [0.29, 0.717) is 24.5 Å². The van der Waals surface area contributed by atoms with Gasteiger partial charge in [0.25, 0.3) is 5.91 Å². The summed E-state index contributed by atoms with van der Waals surface area (Å²) < 4.78 is 32.6. The zero-order valence-corrected chi connectivity index (χ0v) is 16.0. The Morgan fingerprint density at radius 1 is 1.15 bits per heavy atom. The summed E-state index contributed by atoms with van der Waals surface area (Å²) >= 11 is 0. The first kappa shape index (κ1) is 19.3. The molecule has 0 aliphatic carbocycles. The largest absolute Gasteiger partial charge is 0.481 e. The second-order valence-corrected chi connectivity index (χ2v) is 8.22. The average Bonchev–Trinajstić information content (AvgIpc) is 2.72. The molecule has 0 saturated carbocycles. The molecule has 1 aromatic carbocycles. The fraction of sp³-hybridized carbons (Fsp3) is 0.368. The maximum Gasteiger partial charge on any atom is 0.252 e. The number of methoxy groups -OCH3 is 1. The number of rotatable bonds is 6. The fourth-order valence-corrected chi connectivity index (χ4v) is 4.84. The van der Waals surface area contributed by atoms with Gasteiger partial charge in [0.1, 0.15) is 0 Å². The molecular formula is C19H23N3O4S. The summed E-state index contributed by atoms with van der Waals surface area (Å²) in [5.74, 6) is -0.0240. The number of carbonyl (C=O) groups is 1. The van der Waals surface area contributed by atoms with Crippen LogP contribution in [0.15, 0.2) is 47.5 Å². The number of nitrogens with one attached hydrogen (secondary N) is 1. The smallest absolute Gasteiger partial charge is 0.252 e. The summed E-state index contributed by atoms with van der Waals surface area (Å²) in [5.41, 5.74) is 0.857. The molecule has 2 aromatic rings. The van der Waals surface area contributed by atoms with Crippen molar-refractivity contribution in [3.05, 3.63) is 53.7 Å². The van der Waals surface area contributed by atoms with Crippen molar-refractivity contribution in [1.29, 1.82) is 0 Å². The minimum atomic E-state index is -3.70. The lowest BCUT2D eigenvalue weighted by atomic mass is 10.2. The minimum Gasteiger partial charge on any atom is -0.481 e. The minimum absolute atomic E-state index is 0.0440. The predicted molar refractivity (Wildman–Crippen MR) is 101 cm³/mol. The van der Waals surface area contributed by atoms with Crippen LogP contribution in [0.4, 0.5) is 0 Å². The monoisotopic (exact) mass is 389 g/mol. The first-order valence-corrected chi connectivity index (χ1v) is 10.3. The van der Waals surface area contributed by atoms with Gasteiger partial charge in [0.2, 0.25) is 15.9 Å². The fourth-order valence-electron chi connectivity index (χ4n) is 3.14. The summed E-state index contributed by atoms with van der Waals surface area (Å²) in [6.45, 7) is 1.17. The highest BCUT2D eigenvalue weighted by Crippen LogP contribution is 2.24. The van der Waals surface area contributed by atoms with Crippen LogP contribution in [0.1, 0.15) is 35.2 Å². The van der Waals surface area contributed by atoms with Crippen LogP contribution in [-0.2, 0) is 16.6 Å². The SMILES string of the molecule is COc1ncccc1CNC(=O)c1ccccc1S(=O)(=O)N1CCCCC1. The van der Waals surface area contributed by atoms with E-state index >= 15 is 0 Å². The molecule has 0 spiro atoms. The van der Waals surface area contributed by atoms with Gasteiger partial charge in [0.15, 0.2) is 0 Å². The van der Waals surface area contributed by atoms with Gasteiger partial charge in [-0.05, 0) is 31.0 Å². The van der Waals surface area contributed by atoms with E-state index in [0.717, 1.165) is 19.3 Å². The maximum absolute atomic E-state index is 13.0. The molecule has 144 valence electrons. The summed E-state index contributed by atoms with van der Waals surface area (Å²) in [7, 11) is -2.19. The van der Waals surface area contributed by atoms with Crippen LogP contribution >= 0.6 is 0 Å². The molecule has 2 heterocycles. The molecule has 1 aromatic heterocycles. The van der Waals surface area contributed by atoms with Crippen LogP contribution in [-0.4, -0.2) is 43.8 Å². The highest BCUT2D eigenvalue weighted by Gasteiger charge is 2.29. The zero-order valence-electron chi connectivity index (χ0n) is 15.2. The molecule has 7 nitrogen and oxygen atoms in total. The van der Waals surface area contributed by atoms with Crippen molar-refractivity contribution in [2.75, 3.05) is 20.2 Å². The van der Waals surface area contributed by atoms with Gasteiger partial charge in [0, 0.05) is 31.4 Å². The molecule has 1 aliphatic heterocycles. The van der Waals surface area contributed by atoms with Crippen LogP contribution in [0, 0.1) is 0 Å². The van der Waals surface area contributed by atoms with Gasteiger partial charge in [-0.25, -0.2) is 13.4 Å². The quantitative estimate of drug-likeness (QED) is 0.818. The van der Waals surface area contributed by atoms with Crippen molar-refractivity contribution < 1.29 is 17.9 Å². The van der Waals surface area contributed by atoms with E-state index < -0.39 is 15.9 Å². The molecular weight excluding hydrogens is 366 g/mol. The predicted octanol–water partition coefficient (Wildman–Crippen LogP) is 2.19. The molecule has 3 rings (SSSR count). The third-order valence-corrected chi connectivity index (χ3v) is 6.50. The number of sulfonamides is 1. The first-order chi connectivity index (χ1) is 13.0. The molecule has 1 amide bonds. The molecule has 27 heavy (non-hydrogen) atoms. The Labute approximate surface area is 159 Å². The number of ether oxygens (including phenoxy) is 1. The lowest BCUT2D eigenvalue weighted by Crippen LogP contribution is -2.37. The van der Waals surface area contributed by atoms with E-state index in [2.05, 4.69) is 10.3 Å². The Hall–Kier alpha value is -2.45. The Balaban J connectivity index is 1.81. The number of nitrogens with zero attached hydrogens (tertiary/aromatic N) is 2. The van der Waals surface area contributed by atoms with Crippen LogP contribution in [0.5, 0.6) is 5.88 Å². The number of hydrogen-bond donors (Lipinski definition) is 1. The summed E-state index contributed by atoms with van der Waals surface area (Å²) in [4.78, 5) is 16.8. The lowest BCUT2D eigenvalue weighted by molar-refractivity contribution is 0.0947. The average molecular weight is 389 g/mol. The number of carbonyl (C=O) groups excluding carboxylic acids is 1. The van der Waals surface area contributed by atoms with E-state index in [1.54, 1.807) is 30.5 Å². The maximum atomic E-state index is 13.0. The highest BCUT2D eigenvalue weighted by molar-refractivity contribution is 7.89. The molecule has 0 radical (unpaired) electrons. The van der Waals surface area contributed by atoms with Gasteiger partial charge in [-0.1, -0.05) is 24.6 Å². The molecule has 0 atom stereocenters. The number of pyridine rings is 1. The van der Waals surface area contributed by atoms with Gasteiger partial charge in [-0.15, -0.1) is 0 Å². The van der Waals surface area contributed by atoms with Crippen LogP contribution in [0.25, 0.3) is 0 Å². The van der Waals surface area contributed by atoms with E-state index in [4.69, 9.17) is 4.74 Å². The zero-order chi connectivity index (χ0) is 19.3. The molecule has 1 fully saturated rings. The van der Waals surface area contributed by atoms with Gasteiger partial charge in [-0.2, -0.15) is 4.31 Å². The molecule has 0 unspecified atom stereocenters. The van der Waals surface area contributed by atoms with Gasteiger partial charge in [0.05, 0.1) is 17.6 Å². The van der Waals surface area contributed by atoms with Crippen molar-refractivity contribution >= 4 is 15.9 Å². The second kappa shape index (κ2) is 8.49. The summed E-state index contributed by atoms with van der Waals surface area (Å²) in [6, 6.07) is 9.87. The van der Waals surface area contributed by atoms with Crippen molar-refractivity contribution in [3.8, 4) is 5.88 Å². The summed E-state index contributed by atoms with van der Waals surface area (Å²) in [6.07, 6.45) is 4.31.